The monoisotopic (exact) mass is 288 g/mol. The third-order valence-electron chi connectivity index (χ3n) is 4.20. The standard InChI is InChI=1S/C18H28N2O/c1-3-5-6-9-16(19-4-2)15-11-12-17-14(13-15)8-7-10-18(21)20-17/h11-13,16,19H,3-10H2,1-2H3,(H,20,21). The molecule has 116 valence electrons. The maximum absolute atomic E-state index is 11.6. The van der Waals surface area contributed by atoms with E-state index in [0.717, 1.165) is 25.1 Å². The summed E-state index contributed by atoms with van der Waals surface area (Å²) in [5.74, 6) is 0.146. The van der Waals surface area contributed by atoms with Gasteiger partial charge in [-0.3, -0.25) is 4.79 Å². The van der Waals surface area contributed by atoms with Crippen molar-refractivity contribution in [3.63, 3.8) is 0 Å². The summed E-state index contributed by atoms with van der Waals surface area (Å²) >= 11 is 0. The largest absolute Gasteiger partial charge is 0.326 e. The molecule has 0 saturated heterocycles. The zero-order valence-corrected chi connectivity index (χ0v) is 13.4. The molecule has 3 nitrogen and oxygen atoms in total. The SMILES string of the molecule is CCCCCC(NCC)c1ccc2c(c1)CCCC(=O)N2. The summed E-state index contributed by atoms with van der Waals surface area (Å²) in [6, 6.07) is 6.98. The fraction of sp³-hybridized carbons (Fsp3) is 0.611. The fourth-order valence-electron chi connectivity index (χ4n) is 3.04. The molecule has 3 heteroatoms. The molecule has 2 N–H and O–H groups in total. The molecule has 0 radical (unpaired) electrons. The molecule has 2 rings (SSSR count). The summed E-state index contributed by atoms with van der Waals surface area (Å²) in [7, 11) is 0. The molecule has 1 aromatic rings. The lowest BCUT2D eigenvalue weighted by atomic mass is 9.96. The first-order chi connectivity index (χ1) is 10.2. The molecule has 0 spiro atoms. The highest BCUT2D eigenvalue weighted by Crippen LogP contribution is 2.28. The van der Waals surface area contributed by atoms with Gasteiger partial charge in [0.2, 0.25) is 5.91 Å². The van der Waals surface area contributed by atoms with Gasteiger partial charge in [-0.05, 0) is 43.0 Å². The number of carbonyl (C=O) groups is 1. The summed E-state index contributed by atoms with van der Waals surface area (Å²) in [5.41, 5.74) is 3.66. The van der Waals surface area contributed by atoms with Crippen LogP contribution in [0.15, 0.2) is 18.2 Å². The van der Waals surface area contributed by atoms with E-state index in [1.807, 2.05) is 0 Å². The highest BCUT2D eigenvalue weighted by molar-refractivity contribution is 5.92. The number of anilines is 1. The number of carbonyl (C=O) groups excluding carboxylic acids is 1. The second-order valence-electron chi connectivity index (χ2n) is 5.92. The van der Waals surface area contributed by atoms with Crippen LogP contribution in [-0.4, -0.2) is 12.5 Å². The number of unbranched alkanes of at least 4 members (excludes halogenated alkanes) is 2. The van der Waals surface area contributed by atoms with Crippen LogP contribution in [0.25, 0.3) is 0 Å². The number of nitrogens with one attached hydrogen (secondary N) is 2. The zero-order valence-electron chi connectivity index (χ0n) is 13.4. The molecule has 1 aliphatic rings. The zero-order chi connectivity index (χ0) is 15.1. The van der Waals surface area contributed by atoms with E-state index in [1.165, 1.54) is 36.8 Å². The molecule has 1 atom stereocenters. The molecule has 21 heavy (non-hydrogen) atoms. The predicted molar refractivity (Wildman–Crippen MR) is 88.6 cm³/mol. The molecule has 1 aromatic carbocycles. The Morgan fingerprint density at radius 3 is 2.86 bits per heavy atom. The Balaban J connectivity index is 2.13. The van der Waals surface area contributed by atoms with E-state index in [9.17, 15) is 4.79 Å². The van der Waals surface area contributed by atoms with E-state index >= 15 is 0 Å². The average Bonchev–Trinajstić information content (AvgIpc) is 2.66. The second-order valence-corrected chi connectivity index (χ2v) is 5.92. The molecule has 0 saturated carbocycles. The summed E-state index contributed by atoms with van der Waals surface area (Å²) < 4.78 is 0. The first kappa shape index (κ1) is 16.0. The van der Waals surface area contributed by atoms with Crippen LogP contribution in [0, 0.1) is 0 Å². The van der Waals surface area contributed by atoms with Crippen molar-refractivity contribution in [2.75, 3.05) is 11.9 Å². The van der Waals surface area contributed by atoms with Crippen LogP contribution in [0.3, 0.4) is 0 Å². The van der Waals surface area contributed by atoms with E-state index in [-0.39, 0.29) is 5.91 Å². The normalized spacial score (nSPS) is 16.0. The third kappa shape index (κ3) is 4.57. The number of hydrogen-bond acceptors (Lipinski definition) is 2. The Hall–Kier alpha value is -1.35. The summed E-state index contributed by atoms with van der Waals surface area (Å²) in [6.07, 6.45) is 7.59. The van der Waals surface area contributed by atoms with Gasteiger partial charge < -0.3 is 10.6 Å². The van der Waals surface area contributed by atoms with Crippen molar-refractivity contribution in [3.05, 3.63) is 29.3 Å². The van der Waals surface area contributed by atoms with Gasteiger partial charge >= 0.3 is 0 Å². The van der Waals surface area contributed by atoms with E-state index in [2.05, 4.69) is 42.7 Å². The van der Waals surface area contributed by atoms with Crippen LogP contribution in [0.2, 0.25) is 0 Å². The highest BCUT2D eigenvalue weighted by atomic mass is 16.1. The van der Waals surface area contributed by atoms with Gasteiger partial charge in [-0.1, -0.05) is 45.2 Å². The summed E-state index contributed by atoms with van der Waals surface area (Å²) in [6.45, 7) is 5.40. The molecule has 0 aliphatic carbocycles. The molecular weight excluding hydrogens is 260 g/mol. The van der Waals surface area contributed by atoms with E-state index < -0.39 is 0 Å². The minimum absolute atomic E-state index is 0.146. The molecule has 1 aliphatic heterocycles. The number of amides is 1. The van der Waals surface area contributed by atoms with Gasteiger partial charge in [0.25, 0.3) is 0 Å². The fourth-order valence-corrected chi connectivity index (χ4v) is 3.04. The Bertz CT molecular complexity index is 470. The summed E-state index contributed by atoms with van der Waals surface area (Å²) in [5, 5.41) is 6.62. The predicted octanol–water partition coefficient (Wildman–Crippen LogP) is 4.19. The van der Waals surface area contributed by atoms with Crippen molar-refractivity contribution < 1.29 is 4.79 Å². The molecular formula is C18H28N2O. The van der Waals surface area contributed by atoms with E-state index in [1.54, 1.807) is 0 Å². The number of benzene rings is 1. The van der Waals surface area contributed by atoms with Crippen LogP contribution >= 0.6 is 0 Å². The Labute approximate surface area is 128 Å². The van der Waals surface area contributed by atoms with Gasteiger partial charge in [-0.25, -0.2) is 0 Å². The molecule has 1 amide bonds. The maximum Gasteiger partial charge on any atom is 0.224 e. The molecule has 0 fully saturated rings. The van der Waals surface area contributed by atoms with Gasteiger partial charge in [-0.2, -0.15) is 0 Å². The molecule has 0 bridgehead atoms. The van der Waals surface area contributed by atoms with Gasteiger partial charge in [-0.15, -0.1) is 0 Å². The van der Waals surface area contributed by atoms with Crippen LogP contribution in [0.5, 0.6) is 0 Å². The first-order valence-corrected chi connectivity index (χ1v) is 8.40. The van der Waals surface area contributed by atoms with Gasteiger partial charge in [0.15, 0.2) is 0 Å². The van der Waals surface area contributed by atoms with Crippen LogP contribution in [0.4, 0.5) is 5.69 Å². The van der Waals surface area contributed by atoms with Crippen LogP contribution in [0.1, 0.15) is 69.5 Å². The van der Waals surface area contributed by atoms with E-state index in [0.29, 0.717) is 12.5 Å². The first-order valence-electron chi connectivity index (χ1n) is 8.40. The minimum atomic E-state index is 0.146. The van der Waals surface area contributed by atoms with E-state index in [4.69, 9.17) is 0 Å². The highest BCUT2D eigenvalue weighted by Gasteiger charge is 2.16. The Morgan fingerprint density at radius 1 is 1.24 bits per heavy atom. The lowest BCUT2D eigenvalue weighted by molar-refractivity contribution is -0.116. The van der Waals surface area contributed by atoms with Crippen molar-refractivity contribution in [1.82, 2.24) is 5.32 Å². The topological polar surface area (TPSA) is 41.1 Å². The third-order valence-corrected chi connectivity index (χ3v) is 4.20. The van der Waals surface area contributed by atoms with Gasteiger partial charge in [0.05, 0.1) is 0 Å². The lowest BCUT2D eigenvalue weighted by Crippen LogP contribution is -2.21. The quantitative estimate of drug-likeness (QED) is 0.739. The number of hydrogen-bond donors (Lipinski definition) is 2. The van der Waals surface area contributed by atoms with Crippen LogP contribution in [-0.2, 0) is 11.2 Å². The second kappa shape index (κ2) is 8.18. The molecule has 1 unspecified atom stereocenters. The van der Waals surface area contributed by atoms with Crippen molar-refractivity contribution in [2.24, 2.45) is 0 Å². The number of fused-ring (bicyclic) bond motifs is 1. The van der Waals surface area contributed by atoms with Gasteiger partial charge in [0.1, 0.15) is 0 Å². The van der Waals surface area contributed by atoms with Crippen molar-refractivity contribution >= 4 is 11.6 Å². The molecule has 0 aromatic heterocycles. The molecule has 1 heterocycles. The smallest absolute Gasteiger partial charge is 0.224 e. The lowest BCUT2D eigenvalue weighted by Gasteiger charge is -2.20. The van der Waals surface area contributed by atoms with Crippen molar-refractivity contribution in [3.8, 4) is 0 Å². The van der Waals surface area contributed by atoms with Crippen molar-refractivity contribution in [1.29, 1.82) is 0 Å². The number of rotatable bonds is 7. The Morgan fingerprint density at radius 2 is 2.10 bits per heavy atom. The summed E-state index contributed by atoms with van der Waals surface area (Å²) in [4.78, 5) is 11.6. The van der Waals surface area contributed by atoms with Gasteiger partial charge in [0, 0.05) is 18.2 Å². The minimum Gasteiger partial charge on any atom is -0.326 e. The Kier molecular flexibility index (Phi) is 6.24. The average molecular weight is 288 g/mol. The van der Waals surface area contributed by atoms with Crippen molar-refractivity contribution in [2.45, 2.75) is 64.8 Å². The van der Waals surface area contributed by atoms with Crippen LogP contribution < -0.4 is 10.6 Å². The number of aryl methyl sites for hydroxylation is 1. The maximum atomic E-state index is 11.6.